The molecule has 0 heterocycles. The SMILES string of the molecule is Cc1ccc(C)c(CC(CNC(C)C)c2ccccc2)c1. The molecule has 1 unspecified atom stereocenters. The first-order valence-electron chi connectivity index (χ1n) is 7.90. The molecule has 2 aromatic carbocycles. The maximum atomic E-state index is 3.60. The van der Waals surface area contributed by atoms with Crippen molar-refractivity contribution in [2.45, 2.75) is 46.1 Å². The molecule has 2 aromatic rings. The fraction of sp³-hybridized carbons (Fsp3) is 0.400. The van der Waals surface area contributed by atoms with E-state index in [-0.39, 0.29) is 0 Å². The molecular formula is C20H27N. The first kappa shape index (κ1) is 15.8. The van der Waals surface area contributed by atoms with Gasteiger partial charge < -0.3 is 5.32 Å². The lowest BCUT2D eigenvalue weighted by atomic mass is 9.89. The second kappa shape index (κ2) is 7.42. The van der Waals surface area contributed by atoms with E-state index in [4.69, 9.17) is 0 Å². The van der Waals surface area contributed by atoms with E-state index < -0.39 is 0 Å². The summed E-state index contributed by atoms with van der Waals surface area (Å²) < 4.78 is 0. The molecule has 0 saturated carbocycles. The molecule has 1 heteroatoms. The molecule has 0 aliphatic rings. The van der Waals surface area contributed by atoms with Crippen LogP contribution >= 0.6 is 0 Å². The van der Waals surface area contributed by atoms with Crippen LogP contribution in [0.25, 0.3) is 0 Å². The van der Waals surface area contributed by atoms with Gasteiger partial charge in [-0.3, -0.25) is 0 Å². The zero-order valence-electron chi connectivity index (χ0n) is 13.7. The van der Waals surface area contributed by atoms with E-state index in [1.165, 1.54) is 22.3 Å². The summed E-state index contributed by atoms with van der Waals surface area (Å²) in [5.74, 6) is 0.522. The summed E-state index contributed by atoms with van der Waals surface area (Å²) in [6.45, 7) is 9.83. The number of rotatable bonds is 6. The molecule has 0 fully saturated rings. The molecule has 112 valence electrons. The van der Waals surface area contributed by atoms with Crippen LogP contribution in [0, 0.1) is 13.8 Å². The minimum atomic E-state index is 0.522. The van der Waals surface area contributed by atoms with Crippen LogP contribution < -0.4 is 5.32 Å². The third kappa shape index (κ3) is 4.71. The Labute approximate surface area is 129 Å². The zero-order chi connectivity index (χ0) is 15.2. The van der Waals surface area contributed by atoms with Crippen molar-refractivity contribution in [3.63, 3.8) is 0 Å². The first-order chi connectivity index (χ1) is 10.1. The van der Waals surface area contributed by atoms with Gasteiger partial charge in [-0.2, -0.15) is 0 Å². The molecule has 0 amide bonds. The van der Waals surface area contributed by atoms with Crippen LogP contribution in [0.5, 0.6) is 0 Å². The summed E-state index contributed by atoms with van der Waals surface area (Å²) >= 11 is 0. The lowest BCUT2D eigenvalue weighted by Crippen LogP contribution is -2.29. The van der Waals surface area contributed by atoms with Gasteiger partial charge in [-0.1, -0.05) is 67.9 Å². The maximum Gasteiger partial charge on any atom is 0.00257 e. The van der Waals surface area contributed by atoms with E-state index >= 15 is 0 Å². The average molecular weight is 281 g/mol. The van der Waals surface area contributed by atoms with E-state index in [1.807, 2.05) is 0 Å². The monoisotopic (exact) mass is 281 g/mol. The molecule has 0 spiro atoms. The quantitative estimate of drug-likeness (QED) is 0.814. The molecule has 0 aliphatic heterocycles. The van der Waals surface area contributed by atoms with Gasteiger partial charge in [0.25, 0.3) is 0 Å². The molecule has 1 atom stereocenters. The number of aryl methyl sites for hydroxylation is 2. The number of hydrogen-bond acceptors (Lipinski definition) is 1. The van der Waals surface area contributed by atoms with E-state index in [0.29, 0.717) is 12.0 Å². The molecule has 1 nitrogen and oxygen atoms in total. The molecule has 0 bridgehead atoms. The Morgan fingerprint density at radius 1 is 0.952 bits per heavy atom. The molecule has 0 aliphatic carbocycles. The third-order valence-corrected chi connectivity index (χ3v) is 4.01. The van der Waals surface area contributed by atoms with Crippen LogP contribution in [0.4, 0.5) is 0 Å². The summed E-state index contributed by atoms with van der Waals surface area (Å²) in [4.78, 5) is 0. The molecule has 21 heavy (non-hydrogen) atoms. The highest BCUT2D eigenvalue weighted by Crippen LogP contribution is 2.23. The largest absolute Gasteiger partial charge is 0.314 e. The Bertz CT molecular complexity index is 557. The van der Waals surface area contributed by atoms with Crippen LogP contribution in [-0.4, -0.2) is 12.6 Å². The molecule has 1 N–H and O–H groups in total. The standard InChI is InChI=1S/C20H27N/c1-15(2)21-14-20(18-8-6-5-7-9-18)13-19-12-16(3)10-11-17(19)4/h5-12,15,20-21H,13-14H2,1-4H3. The maximum absolute atomic E-state index is 3.60. The van der Waals surface area contributed by atoms with Crippen molar-refractivity contribution in [1.29, 1.82) is 0 Å². The summed E-state index contributed by atoms with van der Waals surface area (Å²) in [5.41, 5.74) is 5.63. The second-order valence-electron chi connectivity index (χ2n) is 6.30. The van der Waals surface area contributed by atoms with Gasteiger partial charge in [0.05, 0.1) is 0 Å². The minimum Gasteiger partial charge on any atom is -0.314 e. The number of nitrogens with one attached hydrogen (secondary N) is 1. The molecule has 0 aromatic heterocycles. The van der Waals surface area contributed by atoms with Crippen LogP contribution in [0.1, 0.15) is 42.0 Å². The van der Waals surface area contributed by atoms with Crippen molar-refractivity contribution in [2.24, 2.45) is 0 Å². The molecular weight excluding hydrogens is 254 g/mol. The smallest absolute Gasteiger partial charge is 0.00257 e. The topological polar surface area (TPSA) is 12.0 Å². The second-order valence-corrected chi connectivity index (χ2v) is 6.30. The lowest BCUT2D eigenvalue weighted by Gasteiger charge is -2.21. The number of hydrogen-bond donors (Lipinski definition) is 1. The third-order valence-electron chi connectivity index (χ3n) is 4.01. The van der Waals surface area contributed by atoms with E-state index in [0.717, 1.165) is 13.0 Å². The minimum absolute atomic E-state index is 0.522. The Balaban J connectivity index is 2.21. The predicted molar refractivity (Wildman–Crippen MR) is 91.9 cm³/mol. The van der Waals surface area contributed by atoms with Gasteiger partial charge in [-0.15, -0.1) is 0 Å². The fourth-order valence-electron chi connectivity index (χ4n) is 2.70. The average Bonchev–Trinajstić information content (AvgIpc) is 2.47. The van der Waals surface area contributed by atoms with Gasteiger partial charge in [-0.25, -0.2) is 0 Å². The summed E-state index contributed by atoms with van der Waals surface area (Å²) in [6.07, 6.45) is 1.09. The predicted octanol–water partition coefficient (Wildman–Crippen LogP) is 4.63. The van der Waals surface area contributed by atoms with Gasteiger partial charge in [-0.05, 0) is 37.0 Å². The highest BCUT2D eigenvalue weighted by molar-refractivity contribution is 5.33. The molecule has 2 rings (SSSR count). The van der Waals surface area contributed by atoms with E-state index in [1.54, 1.807) is 0 Å². The summed E-state index contributed by atoms with van der Waals surface area (Å²) in [6, 6.07) is 18.2. The van der Waals surface area contributed by atoms with Crippen LogP contribution in [0.15, 0.2) is 48.5 Å². The van der Waals surface area contributed by atoms with Crippen molar-refractivity contribution in [2.75, 3.05) is 6.54 Å². The van der Waals surface area contributed by atoms with Gasteiger partial charge in [0.1, 0.15) is 0 Å². The number of benzene rings is 2. The van der Waals surface area contributed by atoms with Crippen LogP contribution in [-0.2, 0) is 6.42 Å². The highest BCUT2D eigenvalue weighted by atomic mass is 14.9. The van der Waals surface area contributed by atoms with Gasteiger partial charge >= 0.3 is 0 Å². The molecule has 0 radical (unpaired) electrons. The lowest BCUT2D eigenvalue weighted by molar-refractivity contribution is 0.526. The van der Waals surface area contributed by atoms with Crippen LogP contribution in [0.3, 0.4) is 0 Å². The Hall–Kier alpha value is -1.60. The van der Waals surface area contributed by atoms with E-state index in [9.17, 15) is 0 Å². The summed E-state index contributed by atoms with van der Waals surface area (Å²) in [5, 5.41) is 3.60. The molecule has 0 saturated heterocycles. The van der Waals surface area contributed by atoms with Crippen molar-refractivity contribution in [3.8, 4) is 0 Å². The van der Waals surface area contributed by atoms with Crippen LogP contribution in [0.2, 0.25) is 0 Å². The van der Waals surface area contributed by atoms with Crippen molar-refractivity contribution < 1.29 is 0 Å². The van der Waals surface area contributed by atoms with Crippen molar-refractivity contribution >= 4 is 0 Å². The van der Waals surface area contributed by atoms with Crippen molar-refractivity contribution in [1.82, 2.24) is 5.32 Å². The van der Waals surface area contributed by atoms with E-state index in [2.05, 4.69) is 81.5 Å². The highest BCUT2D eigenvalue weighted by Gasteiger charge is 2.14. The Morgan fingerprint density at radius 2 is 1.67 bits per heavy atom. The Kier molecular flexibility index (Phi) is 5.58. The normalized spacial score (nSPS) is 12.6. The first-order valence-corrected chi connectivity index (χ1v) is 7.90. The fourth-order valence-corrected chi connectivity index (χ4v) is 2.70. The zero-order valence-corrected chi connectivity index (χ0v) is 13.7. The summed E-state index contributed by atoms with van der Waals surface area (Å²) in [7, 11) is 0. The van der Waals surface area contributed by atoms with Gasteiger partial charge in [0, 0.05) is 18.5 Å². The van der Waals surface area contributed by atoms with Crippen molar-refractivity contribution in [3.05, 3.63) is 70.8 Å². The van der Waals surface area contributed by atoms with Gasteiger partial charge in [0.2, 0.25) is 0 Å². The van der Waals surface area contributed by atoms with Gasteiger partial charge in [0.15, 0.2) is 0 Å². The Morgan fingerprint density at radius 3 is 2.33 bits per heavy atom.